The van der Waals surface area contributed by atoms with Crippen molar-refractivity contribution in [2.45, 2.75) is 42.0 Å². The van der Waals surface area contributed by atoms with Crippen molar-refractivity contribution in [3.8, 4) is 0 Å². The molecule has 35 heavy (non-hydrogen) atoms. The van der Waals surface area contributed by atoms with Crippen LogP contribution in [0, 0.1) is 0 Å². The Morgan fingerprint density at radius 1 is 1.20 bits per heavy atom. The highest BCUT2D eigenvalue weighted by Gasteiger charge is 2.51. The lowest BCUT2D eigenvalue weighted by Crippen LogP contribution is -2.60. The van der Waals surface area contributed by atoms with Crippen LogP contribution in [-0.4, -0.2) is 91.9 Å². The number of alkyl halides is 3. The summed E-state index contributed by atoms with van der Waals surface area (Å²) in [5.41, 5.74) is -2.55. The van der Waals surface area contributed by atoms with E-state index in [1.165, 1.54) is 22.6 Å². The van der Waals surface area contributed by atoms with Gasteiger partial charge in [0.15, 0.2) is 5.60 Å². The number of aliphatic hydroxyl groups is 1. The summed E-state index contributed by atoms with van der Waals surface area (Å²) >= 11 is 1.07. The maximum absolute atomic E-state index is 13.3. The SMILES string of the molecule is C[C@H]1COCCN1C[C@H]1CN(S(=O)(=O)c2nccs2)CCN1c1ccc([C@@](C)(O)C(F)(F)F)cc1. The molecule has 13 heteroatoms. The number of sulfonamides is 1. The van der Waals surface area contributed by atoms with Gasteiger partial charge in [-0.3, -0.25) is 4.90 Å². The predicted molar refractivity (Wildman–Crippen MR) is 126 cm³/mol. The molecular formula is C22H29F3N4O4S2. The number of ether oxygens (including phenoxy) is 1. The molecule has 0 saturated carbocycles. The topological polar surface area (TPSA) is 86.2 Å². The number of benzene rings is 1. The van der Waals surface area contributed by atoms with Crippen molar-refractivity contribution >= 4 is 27.0 Å². The van der Waals surface area contributed by atoms with Gasteiger partial charge >= 0.3 is 6.18 Å². The first kappa shape index (κ1) is 26.3. The maximum Gasteiger partial charge on any atom is 0.421 e. The van der Waals surface area contributed by atoms with E-state index in [9.17, 15) is 26.7 Å². The van der Waals surface area contributed by atoms with Gasteiger partial charge in [0.1, 0.15) is 0 Å². The van der Waals surface area contributed by atoms with Gasteiger partial charge < -0.3 is 14.7 Å². The molecule has 0 radical (unpaired) electrons. The summed E-state index contributed by atoms with van der Waals surface area (Å²) in [4.78, 5) is 8.25. The Bertz CT molecular complexity index is 1090. The second-order valence-corrected chi connectivity index (χ2v) is 12.1. The summed E-state index contributed by atoms with van der Waals surface area (Å²) in [6, 6.07) is 5.56. The first-order valence-electron chi connectivity index (χ1n) is 11.3. The number of morpholine rings is 1. The highest BCUT2D eigenvalue weighted by atomic mass is 32.2. The summed E-state index contributed by atoms with van der Waals surface area (Å²) in [6.07, 6.45) is -3.35. The van der Waals surface area contributed by atoms with Gasteiger partial charge in [-0.15, -0.1) is 11.3 Å². The smallest absolute Gasteiger partial charge is 0.379 e. The number of aromatic nitrogens is 1. The molecule has 2 aliphatic rings. The zero-order valence-electron chi connectivity index (χ0n) is 19.5. The molecule has 2 aromatic rings. The van der Waals surface area contributed by atoms with Crippen LogP contribution >= 0.6 is 11.3 Å². The monoisotopic (exact) mass is 534 g/mol. The molecule has 2 saturated heterocycles. The molecule has 8 nitrogen and oxygen atoms in total. The van der Waals surface area contributed by atoms with Crippen LogP contribution in [0.1, 0.15) is 19.4 Å². The minimum atomic E-state index is -4.81. The second kappa shape index (κ2) is 9.94. The van der Waals surface area contributed by atoms with Crippen molar-refractivity contribution in [3.05, 3.63) is 41.4 Å². The number of rotatable bonds is 6. The zero-order valence-corrected chi connectivity index (χ0v) is 21.1. The molecule has 2 aliphatic heterocycles. The fourth-order valence-electron chi connectivity index (χ4n) is 4.43. The number of piperazine rings is 1. The van der Waals surface area contributed by atoms with Gasteiger partial charge in [0.25, 0.3) is 10.0 Å². The summed E-state index contributed by atoms with van der Waals surface area (Å²) in [7, 11) is -3.74. The Labute approximate surface area is 207 Å². The Kier molecular flexibility index (Phi) is 7.47. The van der Waals surface area contributed by atoms with Crippen LogP contribution in [0.4, 0.5) is 18.9 Å². The molecule has 0 amide bonds. The Hall–Kier alpha value is -1.77. The minimum Gasteiger partial charge on any atom is -0.379 e. The predicted octanol–water partition coefficient (Wildman–Crippen LogP) is 2.51. The van der Waals surface area contributed by atoms with Crippen LogP contribution in [0.5, 0.6) is 0 Å². The molecule has 0 spiro atoms. The van der Waals surface area contributed by atoms with Crippen molar-refractivity contribution in [2.75, 3.05) is 50.8 Å². The van der Waals surface area contributed by atoms with Crippen LogP contribution in [0.25, 0.3) is 0 Å². The standard InChI is InChI=1S/C22H29F3N4O4S2/c1-16-15-33-11-10-27(16)13-19-14-28(35(31,32)20-26-7-12-34-20)8-9-29(19)18-5-3-17(4-6-18)21(2,30)22(23,24)25/h3-7,12,16,19,30H,8-11,13-15H2,1-2H3/t16-,19-,21+/m0/s1. The van der Waals surface area contributed by atoms with Crippen molar-refractivity contribution < 1.29 is 31.4 Å². The van der Waals surface area contributed by atoms with E-state index in [-0.39, 0.29) is 35.1 Å². The fourth-order valence-corrected chi connectivity index (χ4v) is 6.87. The molecule has 0 aliphatic carbocycles. The first-order chi connectivity index (χ1) is 16.4. The van der Waals surface area contributed by atoms with Crippen molar-refractivity contribution in [1.82, 2.24) is 14.2 Å². The number of anilines is 1. The zero-order chi connectivity index (χ0) is 25.4. The quantitative estimate of drug-likeness (QED) is 0.610. The molecule has 2 fully saturated rings. The first-order valence-corrected chi connectivity index (χ1v) is 13.6. The van der Waals surface area contributed by atoms with Crippen molar-refractivity contribution in [3.63, 3.8) is 0 Å². The van der Waals surface area contributed by atoms with E-state index < -0.39 is 21.8 Å². The van der Waals surface area contributed by atoms with Gasteiger partial charge in [-0.1, -0.05) is 12.1 Å². The van der Waals surface area contributed by atoms with Crippen LogP contribution in [0.2, 0.25) is 0 Å². The van der Waals surface area contributed by atoms with E-state index in [1.807, 2.05) is 11.8 Å². The summed E-state index contributed by atoms with van der Waals surface area (Å²) in [5.74, 6) is 0. The van der Waals surface area contributed by atoms with Crippen LogP contribution < -0.4 is 4.90 Å². The van der Waals surface area contributed by atoms with E-state index in [2.05, 4.69) is 9.88 Å². The number of halogens is 3. The molecule has 194 valence electrons. The van der Waals surface area contributed by atoms with E-state index in [0.717, 1.165) is 18.3 Å². The molecule has 1 aromatic carbocycles. The lowest BCUT2D eigenvalue weighted by atomic mass is 9.95. The average molecular weight is 535 g/mol. The van der Waals surface area contributed by atoms with E-state index in [1.54, 1.807) is 17.5 Å². The number of nitrogens with zero attached hydrogens (tertiary/aromatic N) is 4. The number of hydrogen-bond acceptors (Lipinski definition) is 8. The van der Waals surface area contributed by atoms with Gasteiger partial charge in [-0.2, -0.15) is 17.5 Å². The summed E-state index contributed by atoms with van der Waals surface area (Å²) in [6.45, 7) is 6.01. The minimum absolute atomic E-state index is 0.0446. The normalized spacial score (nSPS) is 24.9. The molecule has 1 aromatic heterocycles. The lowest BCUT2D eigenvalue weighted by molar-refractivity contribution is -0.258. The van der Waals surface area contributed by atoms with Gasteiger partial charge in [-0.25, -0.2) is 13.4 Å². The van der Waals surface area contributed by atoms with Crippen molar-refractivity contribution in [1.29, 1.82) is 0 Å². The van der Waals surface area contributed by atoms with Gasteiger partial charge in [-0.05, 0) is 31.5 Å². The Morgan fingerprint density at radius 2 is 1.91 bits per heavy atom. The van der Waals surface area contributed by atoms with Crippen molar-refractivity contribution in [2.24, 2.45) is 0 Å². The third kappa shape index (κ3) is 5.35. The van der Waals surface area contributed by atoms with E-state index >= 15 is 0 Å². The number of thiazole rings is 1. The van der Waals surface area contributed by atoms with Crippen LogP contribution in [0.15, 0.2) is 40.2 Å². The van der Waals surface area contributed by atoms with E-state index in [4.69, 9.17) is 4.74 Å². The third-order valence-electron chi connectivity index (χ3n) is 6.68. The molecule has 0 bridgehead atoms. The highest BCUT2D eigenvalue weighted by molar-refractivity contribution is 7.91. The largest absolute Gasteiger partial charge is 0.421 e. The third-order valence-corrected chi connectivity index (χ3v) is 9.72. The Morgan fingerprint density at radius 3 is 2.51 bits per heavy atom. The molecule has 3 atom stereocenters. The second-order valence-electron chi connectivity index (χ2n) is 9.04. The molecule has 3 heterocycles. The van der Waals surface area contributed by atoms with Gasteiger partial charge in [0, 0.05) is 56.0 Å². The fraction of sp³-hybridized carbons (Fsp3) is 0.591. The summed E-state index contributed by atoms with van der Waals surface area (Å²) in [5, 5.41) is 11.6. The molecule has 1 N–H and O–H groups in total. The summed E-state index contributed by atoms with van der Waals surface area (Å²) < 4.78 is 73.0. The van der Waals surface area contributed by atoms with Crippen LogP contribution in [-0.2, 0) is 20.4 Å². The molecule has 0 unspecified atom stereocenters. The maximum atomic E-state index is 13.3. The Balaban J connectivity index is 1.60. The average Bonchev–Trinajstić information content (AvgIpc) is 3.36. The lowest BCUT2D eigenvalue weighted by Gasteiger charge is -2.45. The van der Waals surface area contributed by atoms with Gasteiger partial charge in [0.05, 0.1) is 19.3 Å². The molecular weight excluding hydrogens is 505 g/mol. The van der Waals surface area contributed by atoms with Gasteiger partial charge in [0.2, 0.25) is 4.34 Å². The highest BCUT2D eigenvalue weighted by Crippen LogP contribution is 2.39. The number of hydrogen-bond donors (Lipinski definition) is 1. The van der Waals surface area contributed by atoms with Crippen LogP contribution in [0.3, 0.4) is 0 Å². The molecule has 4 rings (SSSR count). The van der Waals surface area contributed by atoms with E-state index in [0.29, 0.717) is 38.5 Å².